The lowest BCUT2D eigenvalue weighted by atomic mass is 10.1. The van der Waals surface area contributed by atoms with E-state index in [1.165, 1.54) is 19.8 Å². The summed E-state index contributed by atoms with van der Waals surface area (Å²) in [7, 11) is 0. The second kappa shape index (κ2) is 5.87. The predicted molar refractivity (Wildman–Crippen MR) is 75.3 cm³/mol. The van der Waals surface area contributed by atoms with E-state index in [2.05, 4.69) is 0 Å². The summed E-state index contributed by atoms with van der Waals surface area (Å²) in [6.45, 7) is 2.17. The van der Waals surface area contributed by atoms with Crippen LogP contribution in [0, 0.1) is 5.92 Å². The highest BCUT2D eigenvalue weighted by atomic mass is 16.2. The average Bonchev–Trinajstić information content (AvgIpc) is 2.88. The molecule has 0 atom stereocenters. The number of ketones is 1. The van der Waals surface area contributed by atoms with Gasteiger partial charge in [0, 0.05) is 17.8 Å². The van der Waals surface area contributed by atoms with Gasteiger partial charge in [-0.15, -0.1) is 0 Å². The van der Waals surface area contributed by atoms with Crippen molar-refractivity contribution >= 4 is 17.5 Å². The van der Waals surface area contributed by atoms with Crippen molar-refractivity contribution in [2.45, 2.75) is 32.6 Å². The minimum Gasteiger partial charge on any atom is -0.351 e. The third-order valence-corrected chi connectivity index (χ3v) is 3.75. The molecule has 0 unspecified atom stereocenters. The van der Waals surface area contributed by atoms with Crippen molar-refractivity contribution < 1.29 is 9.59 Å². The molecule has 1 aromatic rings. The number of nitrogens with zero attached hydrogens (tertiary/aromatic N) is 1. The molecule has 1 aliphatic carbocycles. The molecule has 2 rings (SSSR count). The molecule has 1 aliphatic rings. The molecule has 1 aromatic carbocycles. The van der Waals surface area contributed by atoms with Gasteiger partial charge in [-0.1, -0.05) is 25.0 Å². The molecule has 19 heavy (non-hydrogen) atoms. The third-order valence-electron chi connectivity index (χ3n) is 3.75. The first-order chi connectivity index (χ1) is 9.08. The smallest absolute Gasteiger partial charge is 0.319 e. The predicted octanol–water partition coefficient (Wildman–Crippen LogP) is 2.96. The highest BCUT2D eigenvalue weighted by molar-refractivity contribution is 5.97. The van der Waals surface area contributed by atoms with Crippen LogP contribution in [0.2, 0.25) is 0 Å². The first kappa shape index (κ1) is 13.6. The van der Waals surface area contributed by atoms with E-state index < -0.39 is 6.03 Å². The van der Waals surface area contributed by atoms with E-state index in [0.717, 1.165) is 12.8 Å². The van der Waals surface area contributed by atoms with Crippen LogP contribution in [0.3, 0.4) is 0 Å². The van der Waals surface area contributed by atoms with Crippen molar-refractivity contribution in [3.05, 3.63) is 29.8 Å². The van der Waals surface area contributed by atoms with Crippen molar-refractivity contribution in [2.24, 2.45) is 11.7 Å². The molecule has 2 N–H and O–H groups in total. The van der Waals surface area contributed by atoms with E-state index in [4.69, 9.17) is 5.73 Å². The number of rotatable bonds is 4. The Labute approximate surface area is 113 Å². The van der Waals surface area contributed by atoms with Gasteiger partial charge >= 0.3 is 6.03 Å². The van der Waals surface area contributed by atoms with Crippen LogP contribution in [0.5, 0.6) is 0 Å². The molecule has 4 heteroatoms. The van der Waals surface area contributed by atoms with Crippen LogP contribution < -0.4 is 10.6 Å². The number of anilines is 1. The quantitative estimate of drug-likeness (QED) is 0.846. The van der Waals surface area contributed by atoms with Crippen LogP contribution in [0.1, 0.15) is 43.0 Å². The Hall–Kier alpha value is -1.84. The van der Waals surface area contributed by atoms with Crippen molar-refractivity contribution in [2.75, 3.05) is 11.4 Å². The van der Waals surface area contributed by atoms with E-state index >= 15 is 0 Å². The number of hydrogen-bond acceptors (Lipinski definition) is 2. The first-order valence-corrected chi connectivity index (χ1v) is 6.76. The molecule has 0 spiro atoms. The van der Waals surface area contributed by atoms with Crippen molar-refractivity contribution in [3.63, 3.8) is 0 Å². The maximum Gasteiger partial charge on any atom is 0.319 e. The summed E-state index contributed by atoms with van der Waals surface area (Å²) < 4.78 is 0. The largest absolute Gasteiger partial charge is 0.351 e. The maximum absolute atomic E-state index is 11.6. The Balaban J connectivity index is 2.20. The number of carbonyl (C=O) groups is 2. The number of urea groups is 1. The Morgan fingerprint density at radius 3 is 2.58 bits per heavy atom. The average molecular weight is 260 g/mol. The van der Waals surface area contributed by atoms with Crippen LogP contribution in [-0.4, -0.2) is 18.4 Å². The summed E-state index contributed by atoms with van der Waals surface area (Å²) in [6.07, 6.45) is 4.75. The van der Waals surface area contributed by atoms with Gasteiger partial charge in [-0.05, 0) is 37.8 Å². The molecule has 1 fully saturated rings. The lowest BCUT2D eigenvalue weighted by Crippen LogP contribution is -2.39. The standard InChI is InChI=1S/C15H20N2O2/c1-11(18)13-7-4-8-14(9-13)17(15(16)19)10-12-5-2-3-6-12/h4,7-9,12H,2-3,5-6,10H2,1H3,(H2,16,19). The third kappa shape index (κ3) is 3.34. The fourth-order valence-corrected chi connectivity index (χ4v) is 2.67. The number of benzene rings is 1. The fraction of sp³-hybridized carbons (Fsp3) is 0.467. The van der Waals surface area contributed by atoms with Gasteiger partial charge in [0.2, 0.25) is 0 Å². The van der Waals surface area contributed by atoms with Crippen LogP contribution in [-0.2, 0) is 0 Å². The lowest BCUT2D eigenvalue weighted by Gasteiger charge is -2.24. The normalized spacial score (nSPS) is 15.4. The molecule has 102 valence electrons. The summed E-state index contributed by atoms with van der Waals surface area (Å²) in [5.41, 5.74) is 6.80. The van der Waals surface area contributed by atoms with Crippen LogP contribution in [0.15, 0.2) is 24.3 Å². The molecular formula is C15H20N2O2. The molecule has 0 radical (unpaired) electrons. The van der Waals surface area contributed by atoms with E-state index in [9.17, 15) is 9.59 Å². The number of nitrogens with two attached hydrogens (primary N) is 1. The minimum atomic E-state index is -0.451. The molecule has 2 amide bonds. The van der Waals surface area contributed by atoms with Gasteiger partial charge in [0.1, 0.15) is 0 Å². The van der Waals surface area contributed by atoms with Crippen molar-refractivity contribution in [3.8, 4) is 0 Å². The van der Waals surface area contributed by atoms with Gasteiger partial charge in [-0.25, -0.2) is 4.79 Å². The second-order valence-corrected chi connectivity index (χ2v) is 5.21. The van der Waals surface area contributed by atoms with Gasteiger partial charge in [0.25, 0.3) is 0 Å². The molecule has 0 bridgehead atoms. The number of Topliss-reactive ketones (excluding diaryl/α,β-unsaturated/α-hetero) is 1. The van der Waals surface area contributed by atoms with E-state index in [1.54, 1.807) is 23.1 Å². The zero-order chi connectivity index (χ0) is 13.8. The van der Waals surface area contributed by atoms with Gasteiger partial charge in [-0.2, -0.15) is 0 Å². The van der Waals surface area contributed by atoms with Crippen molar-refractivity contribution in [1.29, 1.82) is 0 Å². The van der Waals surface area contributed by atoms with Crippen molar-refractivity contribution in [1.82, 2.24) is 0 Å². The summed E-state index contributed by atoms with van der Waals surface area (Å²) in [4.78, 5) is 24.6. The number of carbonyl (C=O) groups excluding carboxylic acids is 2. The highest BCUT2D eigenvalue weighted by Gasteiger charge is 2.22. The van der Waals surface area contributed by atoms with Gasteiger partial charge < -0.3 is 5.73 Å². The Morgan fingerprint density at radius 1 is 1.32 bits per heavy atom. The first-order valence-electron chi connectivity index (χ1n) is 6.76. The Bertz CT molecular complexity index is 479. The number of hydrogen-bond donors (Lipinski definition) is 1. The van der Waals surface area contributed by atoms with Gasteiger partial charge in [0.15, 0.2) is 5.78 Å². The molecule has 4 nitrogen and oxygen atoms in total. The zero-order valence-corrected chi connectivity index (χ0v) is 11.3. The molecule has 0 aliphatic heterocycles. The molecular weight excluding hydrogens is 240 g/mol. The van der Waals surface area contributed by atoms with Crippen LogP contribution >= 0.6 is 0 Å². The monoisotopic (exact) mass is 260 g/mol. The summed E-state index contributed by atoms with van der Waals surface area (Å²) in [6, 6.07) is 6.65. The van der Waals surface area contributed by atoms with Crippen LogP contribution in [0.25, 0.3) is 0 Å². The van der Waals surface area contributed by atoms with E-state index in [0.29, 0.717) is 23.7 Å². The number of amides is 2. The fourth-order valence-electron chi connectivity index (χ4n) is 2.67. The SMILES string of the molecule is CC(=O)c1cccc(N(CC2CCCC2)C(N)=O)c1. The number of primary amides is 1. The van der Waals surface area contributed by atoms with E-state index in [1.807, 2.05) is 6.07 Å². The minimum absolute atomic E-state index is 0.00728. The second-order valence-electron chi connectivity index (χ2n) is 5.21. The molecule has 0 saturated heterocycles. The summed E-state index contributed by atoms with van der Waals surface area (Å²) in [5.74, 6) is 0.514. The molecule has 0 heterocycles. The maximum atomic E-state index is 11.6. The highest BCUT2D eigenvalue weighted by Crippen LogP contribution is 2.27. The van der Waals surface area contributed by atoms with Gasteiger partial charge in [-0.3, -0.25) is 9.69 Å². The lowest BCUT2D eigenvalue weighted by molar-refractivity contribution is 0.101. The zero-order valence-electron chi connectivity index (χ0n) is 11.3. The van der Waals surface area contributed by atoms with Gasteiger partial charge in [0.05, 0.1) is 0 Å². The van der Waals surface area contributed by atoms with Crippen LogP contribution in [0.4, 0.5) is 10.5 Å². The Kier molecular flexibility index (Phi) is 4.20. The topological polar surface area (TPSA) is 63.4 Å². The van der Waals surface area contributed by atoms with E-state index in [-0.39, 0.29) is 5.78 Å². The molecule has 0 aromatic heterocycles. The Morgan fingerprint density at radius 2 is 2.00 bits per heavy atom. The summed E-state index contributed by atoms with van der Waals surface area (Å²) in [5, 5.41) is 0. The summed E-state index contributed by atoms with van der Waals surface area (Å²) >= 11 is 0. The molecule has 1 saturated carbocycles.